The summed E-state index contributed by atoms with van der Waals surface area (Å²) >= 11 is 3.37. The number of unbranched alkanes of at least 4 members (excludes halogenated alkanes) is 6. The molecule has 1 unspecified atom stereocenters. The van der Waals surface area contributed by atoms with Gasteiger partial charge in [-0.15, -0.1) is 0 Å². The number of carbonyl (C=O) groups is 3. The predicted octanol–water partition coefficient (Wildman–Crippen LogP) is 4.73. The van der Waals surface area contributed by atoms with Gasteiger partial charge in [0.1, 0.15) is 6.10 Å². The smallest absolute Gasteiger partial charge is 0.302 e. The van der Waals surface area contributed by atoms with Crippen molar-refractivity contribution in [3.8, 4) is 0 Å². The molecule has 6 heteroatoms. The van der Waals surface area contributed by atoms with Crippen LogP contribution in [0.5, 0.6) is 0 Å². The van der Waals surface area contributed by atoms with E-state index in [2.05, 4.69) is 15.9 Å². The van der Waals surface area contributed by atoms with E-state index in [0.717, 1.165) is 51.4 Å². The lowest BCUT2D eigenvalue weighted by molar-refractivity contribution is -0.145. The van der Waals surface area contributed by atoms with E-state index in [1.807, 2.05) is 0 Å². The van der Waals surface area contributed by atoms with E-state index in [9.17, 15) is 14.4 Å². The Kier molecular flexibility index (Phi) is 8.98. The zero-order valence-electron chi connectivity index (χ0n) is 15.9. The van der Waals surface area contributed by atoms with Crippen molar-refractivity contribution in [2.75, 3.05) is 11.9 Å². The largest absolute Gasteiger partial charge is 0.462 e. The van der Waals surface area contributed by atoms with Crippen LogP contribution in [0.1, 0.15) is 79.0 Å². The fourth-order valence-corrected chi connectivity index (χ4v) is 3.83. The molecule has 0 bridgehead atoms. The van der Waals surface area contributed by atoms with Crippen LogP contribution in [0.15, 0.2) is 24.3 Å². The fraction of sp³-hybridized carbons (Fsp3) is 0.571. The number of benzene rings is 1. The Morgan fingerprint density at radius 3 is 2.00 bits per heavy atom. The van der Waals surface area contributed by atoms with Crippen LogP contribution in [0.25, 0.3) is 0 Å². The van der Waals surface area contributed by atoms with Crippen molar-refractivity contribution in [2.24, 2.45) is 0 Å². The second kappa shape index (κ2) is 11.2. The number of amides is 2. The van der Waals surface area contributed by atoms with Gasteiger partial charge in [-0.3, -0.25) is 19.3 Å². The minimum absolute atomic E-state index is 0.0258. The number of imide groups is 1. The zero-order chi connectivity index (χ0) is 19.6. The van der Waals surface area contributed by atoms with Gasteiger partial charge in [-0.1, -0.05) is 60.2 Å². The second-order valence-electron chi connectivity index (χ2n) is 6.96. The monoisotopic (exact) mass is 437 g/mol. The topological polar surface area (TPSA) is 63.7 Å². The van der Waals surface area contributed by atoms with E-state index in [1.165, 1.54) is 11.8 Å². The lowest BCUT2D eigenvalue weighted by atomic mass is 10.1. The van der Waals surface area contributed by atoms with Gasteiger partial charge in [0.2, 0.25) is 0 Å². The highest BCUT2D eigenvalue weighted by Crippen LogP contribution is 2.23. The lowest BCUT2D eigenvalue weighted by Gasteiger charge is -2.14. The van der Waals surface area contributed by atoms with Gasteiger partial charge in [-0.05, 0) is 31.4 Å². The highest BCUT2D eigenvalue weighted by atomic mass is 79.9. The fourth-order valence-electron chi connectivity index (χ4n) is 3.37. The molecule has 0 N–H and O–H groups in total. The first kappa shape index (κ1) is 21.6. The average Bonchev–Trinajstić information content (AvgIpc) is 2.90. The molecule has 0 saturated heterocycles. The van der Waals surface area contributed by atoms with Crippen LogP contribution in [0, 0.1) is 0 Å². The van der Waals surface area contributed by atoms with Gasteiger partial charge >= 0.3 is 5.97 Å². The molecule has 148 valence electrons. The van der Waals surface area contributed by atoms with E-state index in [0.29, 0.717) is 23.0 Å². The molecule has 1 aliphatic rings. The molecule has 0 fully saturated rings. The van der Waals surface area contributed by atoms with Gasteiger partial charge in [0.15, 0.2) is 0 Å². The molecule has 0 radical (unpaired) electrons. The summed E-state index contributed by atoms with van der Waals surface area (Å²) in [5.41, 5.74) is 1.05. The molecule has 2 rings (SSSR count). The maximum absolute atomic E-state index is 12.3. The molecule has 2 amide bonds. The number of esters is 1. The number of fused-ring (bicyclic) bond motifs is 1. The molecule has 1 aliphatic heterocycles. The molecule has 1 heterocycles. The van der Waals surface area contributed by atoms with E-state index in [4.69, 9.17) is 4.74 Å². The minimum atomic E-state index is -0.225. The van der Waals surface area contributed by atoms with E-state index in [1.54, 1.807) is 24.3 Å². The number of nitrogens with zero attached hydrogens (tertiary/aromatic N) is 1. The first-order valence-electron chi connectivity index (χ1n) is 9.73. The van der Waals surface area contributed by atoms with Crippen LogP contribution in [0.2, 0.25) is 0 Å². The highest BCUT2D eigenvalue weighted by Gasteiger charge is 2.34. The third-order valence-electron chi connectivity index (χ3n) is 4.79. The summed E-state index contributed by atoms with van der Waals surface area (Å²) in [5.74, 6) is -0.549. The van der Waals surface area contributed by atoms with Crippen LogP contribution in [0.4, 0.5) is 0 Å². The third kappa shape index (κ3) is 6.45. The number of carbonyl (C=O) groups excluding carboxylic acids is 3. The van der Waals surface area contributed by atoms with E-state index < -0.39 is 0 Å². The number of hydrogen-bond acceptors (Lipinski definition) is 4. The lowest BCUT2D eigenvalue weighted by Crippen LogP contribution is -2.30. The number of alkyl halides is 1. The van der Waals surface area contributed by atoms with Crippen molar-refractivity contribution in [1.82, 2.24) is 4.90 Å². The minimum Gasteiger partial charge on any atom is -0.462 e. The van der Waals surface area contributed by atoms with Gasteiger partial charge in [0, 0.05) is 18.8 Å². The Labute approximate surface area is 169 Å². The van der Waals surface area contributed by atoms with Crippen molar-refractivity contribution in [1.29, 1.82) is 0 Å². The Morgan fingerprint density at radius 2 is 1.48 bits per heavy atom. The van der Waals surface area contributed by atoms with E-state index in [-0.39, 0.29) is 23.9 Å². The molecule has 0 spiro atoms. The summed E-state index contributed by atoms with van der Waals surface area (Å²) in [6.07, 6.45) is 8.33. The molecule has 0 saturated carbocycles. The summed E-state index contributed by atoms with van der Waals surface area (Å²) in [7, 11) is 0. The average molecular weight is 438 g/mol. The van der Waals surface area contributed by atoms with Gasteiger partial charge in [0.25, 0.3) is 11.8 Å². The molecular formula is C21H28BrNO4. The zero-order valence-corrected chi connectivity index (χ0v) is 17.5. The number of rotatable bonds is 12. The van der Waals surface area contributed by atoms with Gasteiger partial charge < -0.3 is 4.74 Å². The summed E-state index contributed by atoms with van der Waals surface area (Å²) in [6, 6.07) is 7.02. The number of halogens is 1. The first-order chi connectivity index (χ1) is 13.0. The van der Waals surface area contributed by atoms with Crippen LogP contribution in [0.3, 0.4) is 0 Å². The second-order valence-corrected chi connectivity index (χ2v) is 7.60. The standard InChI is InChI=1S/C21H28BrNO4/c1-16(24)27-17(15-22)11-7-5-3-2-4-6-10-14-23-20(25)18-12-8-9-13-19(18)21(23)26/h8-9,12-13,17H,2-7,10-11,14-15H2,1H3. The summed E-state index contributed by atoms with van der Waals surface area (Å²) in [6.45, 7) is 1.94. The Balaban J connectivity index is 1.53. The highest BCUT2D eigenvalue weighted by molar-refractivity contribution is 9.09. The summed E-state index contributed by atoms with van der Waals surface area (Å²) in [4.78, 5) is 36.9. The number of ether oxygens (including phenoxy) is 1. The Hall–Kier alpha value is -1.69. The predicted molar refractivity (Wildman–Crippen MR) is 108 cm³/mol. The third-order valence-corrected chi connectivity index (χ3v) is 5.51. The Bertz CT molecular complexity index is 626. The van der Waals surface area contributed by atoms with Crippen LogP contribution >= 0.6 is 15.9 Å². The van der Waals surface area contributed by atoms with Crippen molar-refractivity contribution < 1.29 is 19.1 Å². The molecule has 1 atom stereocenters. The Morgan fingerprint density at radius 1 is 0.963 bits per heavy atom. The molecule has 5 nitrogen and oxygen atoms in total. The molecule has 1 aromatic rings. The maximum atomic E-state index is 12.3. The quantitative estimate of drug-likeness (QED) is 0.205. The van der Waals surface area contributed by atoms with Gasteiger partial charge in [-0.2, -0.15) is 0 Å². The number of hydrogen-bond donors (Lipinski definition) is 0. The SMILES string of the molecule is CC(=O)OC(CBr)CCCCCCCCCN1C(=O)c2ccccc2C1=O. The maximum Gasteiger partial charge on any atom is 0.302 e. The van der Waals surface area contributed by atoms with Gasteiger partial charge in [-0.25, -0.2) is 0 Å². The summed E-state index contributed by atoms with van der Waals surface area (Å²) in [5, 5.41) is 0.685. The normalized spacial score (nSPS) is 14.4. The van der Waals surface area contributed by atoms with Crippen molar-refractivity contribution >= 4 is 33.7 Å². The first-order valence-corrected chi connectivity index (χ1v) is 10.8. The molecular weight excluding hydrogens is 410 g/mol. The van der Waals surface area contributed by atoms with Crippen LogP contribution in [-0.2, 0) is 9.53 Å². The van der Waals surface area contributed by atoms with Gasteiger partial charge in [0.05, 0.1) is 11.1 Å². The van der Waals surface area contributed by atoms with Crippen molar-refractivity contribution in [3.63, 3.8) is 0 Å². The van der Waals surface area contributed by atoms with E-state index >= 15 is 0 Å². The molecule has 27 heavy (non-hydrogen) atoms. The molecule has 0 aromatic heterocycles. The van der Waals surface area contributed by atoms with Crippen molar-refractivity contribution in [2.45, 2.75) is 64.4 Å². The summed E-state index contributed by atoms with van der Waals surface area (Å²) < 4.78 is 5.20. The van der Waals surface area contributed by atoms with Crippen molar-refractivity contribution in [3.05, 3.63) is 35.4 Å². The molecule has 0 aliphatic carbocycles. The molecule has 1 aromatic carbocycles. The van der Waals surface area contributed by atoms with Crippen LogP contribution in [-0.4, -0.2) is 40.7 Å². The van der Waals surface area contributed by atoms with Crippen LogP contribution < -0.4 is 0 Å².